The van der Waals surface area contributed by atoms with E-state index in [4.69, 9.17) is 4.98 Å². The fourth-order valence-electron chi connectivity index (χ4n) is 3.69. The molecule has 0 bridgehead atoms. The van der Waals surface area contributed by atoms with Gasteiger partial charge in [-0.15, -0.1) is 0 Å². The Balaban J connectivity index is 1.86. The number of nitrogens with zero attached hydrogens (tertiary/aromatic N) is 5. The highest BCUT2D eigenvalue weighted by atomic mass is 16.2. The summed E-state index contributed by atoms with van der Waals surface area (Å²) in [5, 5.41) is 4.61. The molecular weight excluding hydrogens is 326 g/mol. The van der Waals surface area contributed by atoms with Gasteiger partial charge in [0.1, 0.15) is 5.82 Å². The monoisotopic (exact) mass is 357 g/mol. The van der Waals surface area contributed by atoms with Crippen LogP contribution < -0.4 is 4.90 Å². The van der Waals surface area contributed by atoms with E-state index in [1.807, 2.05) is 22.4 Å². The van der Waals surface area contributed by atoms with Crippen molar-refractivity contribution in [3.05, 3.63) is 23.5 Å². The standard InChI is InChI=1S/C20H31N5O/c1-13(2)16-10-18(25-17(21-16)8-14(3)22-25)23(7)11-15-9-19(26)24(12-15)20(4,5)6/h8,10,13,15H,9,11-12H2,1-7H3/t15-/m0/s1. The van der Waals surface area contributed by atoms with Crippen LogP contribution >= 0.6 is 0 Å². The average molecular weight is 358 g/mol. The van der Waals surface area contributed by atoms with Gasteiger partial charge in [-0.3, -0.25) is 4.79 Å². The number of rotatable bonds is 4. The number of carbonyl (C=O) groups excluding carboxylic acids is 1. The second-order valence-electron chi connectivity index (χ2n) is 8.88. The quantitative estimate of drug-likeness (QED) is 0.843. The Morgan fingerprint density at radius 1 is 1.31 bits per heavy atom. The number of amides is 1. The Morgan fingerprint density at radius 3 is 2.58 bits per heavy atom. The summed E-state index contributed by atoms with van der Waals surface area (Å²) in [6, 6.07) is 4.14. The predicted molar refractivity (Wildman–Crippen MR) is 105 cm³/mol. The molecule has 142 valence electrons. The lowest BCUT2D eigenvalue weighted by Gasteiger charge is -2.32. The second-order valence-corrected chi connectivity index (χ2v) is 8.88. The molecule has 0 saturated carbocycles. The van der Waals surface area contributed by atoms with E-state index in [1.165, 1.54) is 0 Å². The normalized spacial score (nSPS) is 18.4. The third-order valence-electron chi connectivity index (χ3n) is 5.08. The molecule has 1 atom stereocenters. The van der Waals surface area contributed by atoms with Crippen molar-refractivity contribution < 1.29 is 4.79 Å². The number of anilines is 1. The largest absolute Gasteiger partial charge is 0.359 e. The van der Waals surface area contributed by atoms with Gasteiger partial charge in [-0.2, -0.15) is 9.61 Å². The summed E-state index contributed by atoms with van der Waals surface area (Å²) in [5.74, 6) is 1.97. The molecule has 1 saturated heterocycles. The first-order valence-electron chi connectivity index (χ1n) is 9.45. The predicted octanol–water partition coefficient (Wildman–Crippen LogP) is 3.24. The molecule has 26 heavy (non-hydrogen) atoms. The number of fused-ring (bicyclic) bond motifs is 1. The van der Waals surface area contributed by atoms with Gasteiger partial charge in [-0.05, 0) is 33.6 Å². The van der Waals surface area contributed by atoms with Crippen molar-refractivity contribution >= 4 is 17.4 Å². The molecule has 0 aromatic carbocycles. The molecule has 0 N–H and O–H groups in total. The minimum absolute atomic E-state index is 0.113. The molecule has 3 rings (SSSR count). The highest BCUT2D eigenvalue weighted by Gasteiger charge is 2.36. The third-order valence-corrected chi connectivity index (χ3v) is 5.08. The molecule has 1 aliphatic rings. The first-order chi connectivity index (χ1) is 12.1. The van der Waals surface area contributed by atoms with E-state index in [9.17, 15) is 4.79 Å². The molecule has 3 heterocycles. The van der Waals surface area contributed by atoms with Gasteiger partial charge >= 0.3 is 0 Å². The fourth-order valence-corrected chi connectivity index (χ4v) is 3.69. The van der Waals surface area contributed by atoms with Crippen LogP contribution in [0.5, 0.6) is 0 Å². The van der Waals surface area contributed by atoms with Crippen molar-refractivity contribution in [2.24, 2.45) is 5.92 Å². The Labute approximate surface area is 156 Å². The topological polar surface area (TPSA) is 53.7 Å². The van der Waals surface area contributed by atoms with E-state index in [0.29, 0.717) is 18.3 Å². The zero-order valence-corrected chi connectivity index (χ0v) is 17.1. The SMILES string of the molecule is Cc1cc2nc(C(C)C)cc(N(C)C[C@@H]3CC(=O)N(C(C)(C)C)C3)n2n1. The first-order valence-corrected chi connectivity index (χ1v) is 9.45. The maximum Gasteiger partial charge on any atom is 0.223 e. The van der Waals surface area contributed by atoms with E-state index < -0.39 is 0 Å². The van der Waals surface area contributed by atoms with Gasteiger partial charge in [-0.25, -0.2) is 4.98 Å². The van der Waals surface area contributed by atoms with Crippen LogP contribution in [0, 0.1) is 12.8 Å². The van der Waals surface area contributed by atoms with Gasteiger partial charge in [0, 0.05) is 55.8 Å². The maximum absolute atomic E-state index is 12.4. The number of hydrogen-bond acceptors (Lipinski definition) is 4. The Kier molecular flexibility index (Phi) is 4.71. The van der Waals surface area contributed by atoms with Crippen LogP contribution in [0.15, 0.2) is 12.1 Å². The summed E-state index contributed by atoms with van der Waals surface area (Å²) in [5.41, 5.74) is 2.80. The molecule has 0 radical (unpaired) electrons. The Bertz CT molecular complexity index is 817. The molecule has 6 nitrogen and oxygen atoms in total. The lowest BCUT2D eigenvalue weighted by molar-refractivity contribution is -0.131. The van der Waals surface area contributed by atoms with Crippen LogP contribution in [-0.4, -0.2) is 51.1 Å². The van der Waals surface area contributed by atoms with Crippen LogP contribution in [0.2, 0.25) is 0 Å². The number of aryl methyl sites for hydroxylation is 1. The summed E-state index contributed by atoms with van der Waals surface area (Å²) in [7, 11) is 2.08. The lowest BCUT2D eigenvalue weighted by atomic mass is 10.1. The minimum atomic E-state index is -0.113. The van der Waals surface area contributed by atoms with Crippen molar-refractivity contribution in [2.75, 3.05) is 25.0 Å². The lowest BCUT2D eigenvalue weighted by Crippen LogP contribution is -2.42. The number of carbonyl (C=O) groups is 1. The fraction of sp³-hybridized carbons (Fsp3) is 0.650. The van der Waals surface area contributed by atoms with Gasteiger partial charge in [-0.1, -0.05) is 13.8 Å². The molecule has 2 aromatic heterocycles. The zero-order chi connectivity index (χ0) is 19.2. The molecule has 1 amide bonds. The van der Waals surface area contributed by atoms with Crippen molar-refractivity contribution in [3.63, 3.8) is 0 Å². The van der Waals surface area contributed by atoms with Gasteiger partial charge in [0.25, 0.3) is 0 Å². The number of aromatic nitrogens is 3. The molecule has 0 spiro atoms. The summed E-state index contributed by atoms with van der Waals surface area (Å²) in [6.07, 6.45) is 0.616. The molecule has 6 heteroatoms. The van der Waals surface area contributed by atoms with Gasteiger partial charge in [0.05, 0.1) is 5.69 Å². The summed E-state index contributed by atoms with van der Waals surface area (Å²) >= 11 is 0. The molecule has 0 unspecified atom stereocenters. The molecule has 1 fully saturated rings. The molecular formula is C20H31N5O. The van der Waals surface area contributed by atoms with Crippen LogP contribution in [0.25, 0.3) is 5.65 Å². The number of hydrogen-bond donors (Lipinski definition) is 0. The summed E-state index contributed by atoms with van der Waals surface area (Å²) < 4.78 is 1.92. The van der Waals surface area contributed by atoms with Gasteiger partial charge < -0.3 is 9.80 Å². The maximum atomic E-state index is 12.4. The van der Waals surface area contributed by atoms with E-state index in [0.717, 1.165) is 35.9 Å². The van der Waals surface area contributed by atoms with Crippen LogP contribution in [-0.2, 0) is 4.79 Å². The van der Waals surface area contributed by atoms with Crippen molar-refractivity contribution in [2.45, 2.75) is 59.4 Å². The molecule has 1 aliphatic heterocycles. The van der Waals surface area contributed by atoms with Crippen LogP contribution in [0.1, 0.15) is 58.3 Å². The summed E-state index contributed by atoms with van der Waals surface area (Å²) in [4.78, 5) is 21.4. The molecule has 0 aliphatic carbocycles. The van der Waals surface area contributed by atoms with E-state index in [2.05, 4.69) is 57.7 Å². The first kappa shape index (κ1) is 18.7. The third kappa shape index (κ3) is 3.55. The van der Waals surface area contributed by atoms with Crippen molar-refractivity contribution in [1.82, 2.24) is 19.5 Å². The van der Waals surface area contributed by atoms with E-state index in [1.54, 1.807) is 0 Å². The highest BCUT2D eigenvalue weighted by Crippen LogP contribution is 2.28. The van der Waals surface area contributed by atoms with E-state index in [-0.39, 0.29) is 11.4 Å². The summed E-state index contributed by atoms with van der Waals surface area (Å²) in [6.45, 7) is 14.3. The zero-order valence-electron chi connectivity index (χ0n) is 17.1. The minimum Gasteiger partial charge on any atom is -0.359 e. The Hall–Kier alpha value is -2.11. The Morgan fingerprint density at radius 2 is 2.00 bits per heavy atom. The van der Waals surface area contributed by atoms with Crippen molar-refractivity contribution in [1.29, 1.82) is 0 Å². The second kappa shape index (κ2) is 6.56. The smallest absolute Gasteiger partial charge is 0.223 e. The van der Waals surface area contributed by atoms with Crippen LogP contribution in [0.3, 0.4) is 0 Å². The van der Waals surface area contributed by atoms with E-state index >= 15 is 0 Å². The highest BCUT2D eigenvalue weighted by molar-refractivity contribution is 5.79. The van der Waals surface area contributed by atoms with Gasteiger partial charge in [0.15, 0.2) is 5.65 Å². The van der Waals surface area contributed by atoms with Gasteiger partial charge in [0.2, 0.25) is 5.91 Å². The average Bonchev–Trinajstić information content (AvgIpc) is 3.07. The van der Waals surface area contributed by atoms with Crippen molar-refractivity contribution in [3.8, 4) is 0 Å². The number of likely N-dealkylation sites (tertiary alicyclic amines) is 1. The van der Waals surface area contributed by atoms with Crippen LogP contribution in [0.4, 0.5) is 5.82 Å². The molecule has 2 aromatic rings.